The Morgan fingerprint density at radius 3 is 2.50 bits per heavy atom. The molecule has 1 fully saturated rings. The minimum atomic E-state index is -0.329. The maximum atomic E-state index is 14.3. The lowest BCUT2D eigenvalue weighted by atomic mass is 10.1. The van der Waals surface area contributed by atoms with Crippen molar-refractivity contribution in [1.29, 1.82) is 0 Å². The highest BCUT2D eigenvalue weighted by atomic mass is 16.2. The Balaban J connectivity index is 1.57. The number of rotatable bonds is 6. The molecule has 5 aromatic rings. The fourth-order valence-electron chi connectivity index (χ4n) is 5.43. The first-order chi connectivity index (χ1) is 19.5. The van der Waals surface area contributed by atoms with Crippen LogP contribution < -0.4 is 21.8 Å². The van der Waals surface area contributed by atoms with Crippen LogP contribution in [0, 0.1) is 11.8 Å². The molecule has 0 spiro atoms. The Hall–Kier alpha value is -4.68. The smallest absolute Gasteiger partial charge is 0.293 e. The summed E-state index contributed by atoms with van der Waals surface area (Å²) in [6.07, 6.45) is 1.85. The van der Waals surface area contributed by atoms with Crippen molar-refractivity contribution in [2.45, 2.75) is 45.4 Å². The molecular formula is C31H31N7O2. The van der Waals surface area contributed by atoms with Gasteiger partial charge in [-0.15, -0.1) is 5.92 Å². The number of nitrogens with zero attached hydrogens (tertiary/aromatic N) is 6. The molecule has 1 atom stereocenters. The predicted molar refractivity (Wildman–Crippen MR) is 158 cm³/mol. The summed E-state index contributed by atoms with van der Waals surface area (Å²) in [7, 11) is 0. The summed E-state index contributed by atoms with van der Waals surface area (Å²) in [6.45, 7) is 3.73. The summed E-state index contributed by atoms with van der Waals surface area (Å²) in [5.74, 6) is 6.55. The van der Waals surface area contributed by atoms with Gasteiger partial charge in [-0.2, -0.15) is 0 Å². The summed E-state index contributed by atoms with van der Waals surface area (Å²) < 4.78 is 4.77. The SMILES string of the molecule is CC#CCn1c(N2CCCC(N)C2)nc2c(=O)n(Cc3ccccc3)n(Cc3ccc4ccccc4n3)c(=O)c21. The van der Waals surface area contributed by atoms with Crippen molar-refractivity contribution in [3.63, 3.8) is 0 Å². The number of hydrogen-bond donors (Lipinski definition) is 1. The van der Waals surface area contributed by atoms with E-state index >= 15 is 0 Å². The molecule has 1 saturated heterocycles. The van der Waals surface area contributed by atoms with Gasteiger partial charge in [0.25, 0.3) is 11.1 Å². The van der Waals surface area contributed by atoms with E-state index in [0.29, 0.717) is 18.2 Å². The summed E-state index contributed by atoms with van der Waals surface area (Å²) in [5, 5.41) is 1.01. The Bertz CT molecular complexity index is 1880. The van der Waals surface area contributed by atoms with Crippen LogP contribution in [0.25, 0.3) is 21.9 Å². The number of piperidine rings is 1. The molecule has 1 aliphatic rings. The van der Waals surface area contributed by atoms with E-state index in [0.717, 1.165) is 35.9 Å². The lowest BCUT2D eigenvalue weighted by Gasteiger charge is -2.31. The minimum Gasteiger partial charge on any atom is -0.341 e. The largest absolute Gasteiger partial charge is 0.341 e. The van der Waals surface area contributed by atoms with Gasteiger partial charge in [-0.3, -0.25) is 19.1 Å². The van der Waals surface area contributed by atoms with Crippen molar-refractivity contribution in [2.75, 3.05) is 18.0 Å². The third-order valence-electron chi connectivity index (χ3n) is 7.41. The van der Waals surface area contributed by atoms with E-state index in [1.54, 1.807) is 11.5 Å². The highest BCUT2D eigenvalue weighted by Crippen LogP contribution is 2.22. The first kappa shape index (κ1) is 25.6. The molecular weight excluding hydrogens is 502 g/mol. The molecule has 0 saturated carbocycles. The first-order valence-corrected chi connectivity index (χ1v) is 13.6. The van der Waals surface area contributed by atoms with Crippen LogP contribution in [0.4, 0.5) is 5.95 Å². The predicted octanol–water partition coefficient (Wildman–Crippen LogP) is 2.96. The summed E-state index contributed by atoms with van der Waals surface area (Å²) in [4.78, 5) is 40.1. The molecule has 4 heterocycles. The normalized spacial score (nSPS) is 15.3. The quantitative estimate of drug-likeness (QED) is 0.337. The van der Waals surface area contributed by atoms with E-state index < -0.39 is 0 Å². The molecule has 3 aromatic heterocycles. The summed E-state index contributed by atoms with van der Waals surface area (Å²) >= 11 is 0. The van der Waals surface area contributed by atoms with Crippen LogP contribution >= 0.6 is 0 Å². The van der Waals surface area contributed by atoms with E-state index in [1.807, 2.05) is 66.7 Å². The number of nitrogens with two attached hydrogens (primary N) is 1. The van der Waals surface area contributed by atoms with Gasteiger partial charge in [0.05, 0.1) is 30.8 Å². The van der Waals surface area contributed by atoms with E-state index in [-0.39, 0.29) is 47.8 Å². The zero-order valence-corrected chi connectivity index (χ0v) is 22.5. The van der Waals surface area contributed by atoms with Gasteiger partial charge in [-0.25, -0.2) is 14.3 Å². The molecule has 9 nitrogen and oxygen atoms in total. The highest BCUT2D eigenvalue weighted by Gasteiger charge is 2.27. The molecule has 0 aliphatic carbocycles. The van der Waals surface area contributed by atoms with Gasteiger partial charge in [0.15, 0.2) is 5.52 Å². The maximum Gasteiger partial charge on any atom is 0.293 e. The number of anilines is 1. The molecule has 202 valence electrons. The van der Waals surface area contributed by atoms with E-state index in [1.165, 1.54) is 9.36 Å². The number of para-hydroxylation sites is 1. The molecule has 0 amide bonds. The number of pyridine rings is 1. The average molecular weight is 534 g/mol. The van der Waals surface area contributed by atoms with Gasteiger partial charge in [0.2, 0.25) is 5.95 Å². The average Bonchev–Trinajstić information content (AvgIpc) is 3.37. The standard InChI is InChI=1S/C31H31N7O2/c1-2-3-18-36-28-27(34-31(36)35-17-9-13-24(32)20-35)29(39)37(19-22-10-5-4-6-11-22)38(30(28)40)21-25-16-15-23-12-7-8-14-26(23)33-25/h4-8,10-12,14-16,24H,9,13,17-21,32H2,1H3. The fourth-order valence-corrected chi connectivity index (χ4v) is 5.43. The maximum absolute atomic E-state index is 14.3. The molecule has 0 bridgehead atoms. The highest BCUT2D eigenvalue weighted by molar-refractivity contribution is 5.79. The topological polar surface area (TPSA) is 104 Å². The van der Waals surface area contributed by atoms with Crippen molar-refractivity contribution in [3.05, 3.63) is 98.7 Å². The van der Waals surface area contributed by atoms with Gasteiger partial charge in [-0.05, 0) is 37.5 Å². The number of hydrogen-bond acceptors (Lipinski definition) is 6. The van der Waals surface area contributed by atoms with Crippen LogP contribution in [0.3, 0.4) is 0 Å². The molecule has 9 heteroatoms. The molecule has 1 aliphatic heterocycles. The zero-order valence-electron chi connectivity index (χ0n) is 22.5. The van der Waals surface area contributed by atoms with E-state index in [9.17, 15) is 9.59 Å². The second kappa shape index (κ2) is 10.8. The van der Waals surface area contributed by atoms with Gasteiger partial charge < -0.3 is 10.6 Å². The number of aromatic nitrogens is 5. The van der Waals surface area contributed by atoms with Gasteiger partial charge in [-0.1, -0.05) is 60.5 Å². The number of benzene rings is 2. The van der Waals surface area contributed by atoms with Crippen molar-refractivity contribution >= 4 is 27.9 Å². The van der Waals surface area contributed by atoms with Crippen molar-refractivity contribution < 1.29 is 0 Å². The lowest BCUT2D eigenvalue weighted by molar-refractivity contribution is 0.467. The lowest BCUT2D eigenvalue weighted by Crippen LogP contribution is -2.44. The van der Waals surface area contributed by atoms with Crippen LogP contribution in [0.15, 0.2) is 76.3 Å². The van der Waals surface area contributed by atoms with Crippen LogP contribution in [0.5, 0.6) is 0 Å². The molecule has 2 aromatic carbocycles. The molecule has 40 heavy (non-hydrogen) atoms. The van der Waals surface area contributed by atoms with E-state index in [4.69, 9.17) is 15.7 Å². The first-order valence-electron chi connectivity index (χ1n) is 13.6. The number of fused-ring (bicyclic) bond motifs is 2. The van der Waals surface area contributed by atoms with Crippen molar-refractivity contribution in [1.82, 2.24) is 23.9 Å². The molecule has 2 N–H and O–H groups in total. The second-order valence-corrected chi connectivity index (χ2v) is 10.2. The Labute approximate surface area is 231 Å². The fraction of sp³-hybridized carbons (Fsp3) is 0.290. The minimum absolute atomic E-state index is 0.00430. The Kier molecular flexibility index (Phi) is 6.93. The zero-order chi connectivity index (χ0) is 27.6. The summed E-state index contributed by atoms with van der Waals surface area (Å²) in [5.41, 5.74) is 8.47. The van der Waals surface area contributed by atoms with Crippen molar-refractivity contribution in [3.8, 4) is 11.8 Å². The second-order valence-electron chi connectivity index (χ2n) is 10.2. The summed E-state index contributed by atoms with van der Waals surface area (Å²) in [6, 6.07) is 21.4. The third kappa shape index (κ3) is 4.78. The van der Waals surface area contributed by atoms with Crippen LogP contribution in [-0.4, -0.2) is 43.0 Å². The van der Waals surface area contributed by atoms with Crippen LogP contribution in [0.1, 0.15) is 31.0 Å². The number of imidazole rings is 1. The molecule has 1 unspecified atom stereocenters. The van der Waals surface area contributed by atoms with Gasteiger partial charge in [0, 0.05) is 24.5 Å². The third-order valence-corrected chi connectivity index (χ3v) is 7.41. The van der Waals surface area contributed by atoms with Gasteiger partial charge >= 0.3 is 0 Å². The Morgan fingerprint density at radius 1 is 0.925 bits per heavy atom. The monoisotopic (exact) mass is 533 g/mol. The van der Waals surface area contributed by atoms with Crippen LogP contribution in [0.2, 0.25) is 0 Å². The molecule has 0 radical (unpaired) electrons. The van der Waals surface area contributed by atoms with Crippen LogP contribution in [-0.2, 0) is 19.6 Å². The van der Waals surface area contributed by atoms with Crippen molar-refractivity contribution in [2.24, 2.45) is 5.73 Å². The van der Waals surface area contributed by atoms with E-state index in [2.05, 4.69) is 16.7 Å². The molecule has 6 rings (SSSR count). The Morgan fingerprint density at radius 2 is 1.70 bits per heavy atom. The van der Waals surface area contributed by atoms with Gasteiger partial charge in [0.1, 0.15) is 5.52 Å².